The van der Waals surface area contributed by atoms with E-state index in [9.17, 15) is 49.4 Å². The Bertz CT molecular complexity index is 1600. The van der Waals surface area contributed by atoms with Gasteiger partial charge in [0.1, 0.15) is 17.0 Å². The predicted octanol–water partition coefficient (Wildman–Crippen LogP) is 5.87. The molecule has 0 atom stereocenters. The van der Waals surface area contributed by atoms with Crippen molar-refractivity contribution < 1.29 is 54.2 Å². The fraction of sp³-hybridized carbons (Fsp3) is 0.227. The molecule has 4 aromatic rings. The van der Waals surface area contributed by atoms with Gasteiger partial charge in [-0.15, -0.1) is 0 Å². The summed E-state index contributed by atoms with van der Waals surface area (Å²) in [7, 11) is 1.86. The first-order valence-corrected chi connectivity index (χ1v) is 10.6. The van der Waals surface area contributed by atoms with Crippen LogP contribution >= 0.6 is 0 Å². The number of fused-ring (bicyclic) bond motifs is 1. The average Bonchev–Trinajstić information content (AvgIpc) is 3.24. The molecule has 3 aromatic heterocycles. The summed E-state index contributed by atoms with van der Waals surface area (Å²) in [5.74, 6) is -1.92. The molecule has 0 aliphatic heterocycles. The minimum absolute atomic E-state index is 0.340. The number of ether oxygens (including phenoxy) is 1. The number of carbonyl (C=O) groups is 1. The third-order valence-electron chi connectivity index (χ3n) is 5.41. The third-order valence-corrected chi connectivity index (χ3v) is 5.41. The Labute approximate surface area is 216 Å². The lowest BCUT2D eigenvalue weighted by atomic mass is 10.1. The second-order valence-corrected chi connectivity index (χ2v) is 7.96. The maximum absolute atomic E-state index is 14.1. The molecule has 0 saturated heterocycles. The van der Waals surface area contributed by atoms with Crippen LogP contribution in [0.25, 0.3) is 33.9 Å². The molecule has 4 rings (SSSR count). The van der Waals surface area contributed by atoms with Gasteiger partial charge in [0.15, 0.2) is 23.0 Å². The number of imidazole rings is 1. The number of methoxy groups -OCH3 is 1. The van der Waals surface area contributed by atoms with Crippen LogP contribution in [0.15, 0.2) is 36.5 Å². The minimum atomic E-state index is -5.24. The third kappa shape index (κ3) is 5.15. The molecule has 3 heterocycles. The number of hydrogen-bond donors (Lipinski definition) is 1. The van der Waals surface area contributed by atoms with Gasteiger partial charge >= 0.3 is 24.6 Å². The van der Waals surface area contributed by atoms with Crippen molar-refractivity contribution in [3.8, 4) is 28.5 Å². The second-order valence-electron chi connectivity index (χ2n) is 7.96. The molecule has 1 aromatic carbocycles. The van der Waals surface area contributed by atoms with E-state index in [2.05, 4.69) is 19.9 Å². The van der Waals surface area contributed by atoms with E-state index in [-0.39, 0.29) is 11.1 Å². The molecule has 18 heteroatoms. The topological polar surface area (TPSA) is 106 Å². The smallest absolute Gasteiger partial charge is 0.435 e. The van der Waals surface area contributed by atoms with Gasteiger partial charge in [-0.05, 0) is 30.3 Å². The fourth-order valence-electron chi connectivity index (χ4n) is 3.56. The summed E-state index contributed by atoms with van der Waals surface area (Å²) in [4.78, 5) is 26.1. The number of pyridine rings is 1. The number of nitrogens with zero attached hydrogens (tertiary/aromatic N) is 6. The molecule has 0 radical (unpaired) electrons. The molecule has 0 unspecified atom stereocenters. The highest BCUT2D eigenvalue weighted by Gasteiger charge is 2.40. The van der Waals surface area contributed by atoms with Crippen molar-refractivity contribution in [1.82, 2.24) is 24.6 Å². The number of benzene rings is 1. The molecule has 9 nitrogen and oxygen atoms in total. The Morgan fingerprint density at radius 3 is 2.10 bits per heavy atom. The van der Waals surface area contributed by atoms with E-state index < -0.39 is 70.1 Å². The standard InChI is InChI=1S/C22H13F9N6O3/c1-36(19(38)39)37-17(11-5-4-10(20(23,24)25)7-12(11)40-2)33-14-15(22(29,30)31)34-16(35-18(14)37)9-3-6-13(32-8-9)21(26,27)28/h3-8H,1-2H3,(H,38,39). The van der Waals surface area contributed by atoms with Crippen molar-refractivity contribution in [3.63, 3.8) is 0 Å². The van der Waals surface area contributed by atoms with Gasteiger partial charge in [-0.25, -0.2) is 29.4 Å². The number of rotatable bonds is 4. The van der Waals surface area contributed by atoms with E-state index in [1.165, 1.54) is 0 Å². The number of aromatic nitrogens is 5. The van der Waals surface area contributed by atoms with Gasteiger partial charge in [-0.2, -0.15) is 39.5 Å². The zero-order chi connectivity index (χ0) is 29.8. The van der Waals surface area contributed by atoms with Crippen LogP contribution in [0, 0.1) is 0 Å². The molecule has 0 aliphatic carbocycles. The lowest BCUT2D eigenvalue weighted by Crippen LogP contribution is -2.36. The van der Waals surface area contributed by atoms with Crippen molar-refractivity contribution in [2.24, 2.45) is 0 Å². The zero-order valence-corrected chi connectivity index (χ0v) is 19.8. The highest BCUT2D eigenvalue weighted by atomic mass is 19.4. The second kappa shape index (κ2) is 9.53. The lowest BCUT2D eigenvalue weighted by molar-refractivity contribution is -0.141. The van der Waals surface area contributed by atoms with Gasteiger partial charge in [-0.3, -0.25) is 4.98 Å². The van der Waals surface area contributed by atoms with E-state index in [0.717, 1.165) is 26.3 Å². The van der Waals surface area contributed by atoms with Crippen molar-refractivity contribution in [2.75, 3.05) is 19.2 Å². The van der Waals surface area contributed by atoms with Crippen LogP contribution in [0.4, 0.5) is 44.3 Å². The Kier molecular flexibility index (Phi) is 6.76. The number of carboxylic acid groups (broad SMARTS) is 1. The minimum Gasteiger partial charge on any atom is -0.496 e. The summed E-state index contributed by atoms with van der Waals surface area (Å²) in [6.07, 6.45) is -16.1. The van der Waals surface area contributed by atoms with E-state index in [1.807, 2.05) is 0 Å². The molecular weight excluding hydrogens is 567 g/mol. The largest absolute Gasteiger partial charge is 0.496 e. The SMILES string of the molecule is COc1cc(C(F)(F)F)ccc1-c1nc2c(C(F)(F)F)nc(-c3ccc(C(F)(F)F)nc3)nc2n1N(C)C(=O)O. The van der Waals surface area contributed by atoms with E-state index in [0.29, 0.717) is 34.1 Å². The molecule has 0 spiro atoms. The van der Waals surface area contributed by atoms with E-state index >= 15 is 0 Å². The highest BCUT2D eigenvalue weighted by molar-refractivity contribution is 5.87. The van der Waals surface area contributed by atoms with Crippen LogP contribution in [0.2, 0.25) is 0 Å². The van der Waals surface area contributed by atoms with Gasteiger partial charge < -0.3 is 9.84 Å². The zero-order valence-electron chi connectivity index (χ0n) is 19.8. The number of hydrogen-bond acceptors (Lipinski definition) is 6. The summed E-state index contributed by atoms with van der Waals surface area (Å²) in [5.41, 5.74) is -6.72. The quantitative estimate of drug-likeness (QED) is 0.301. The Morgan fingerprint density at radius 2 is 1.60 bits per heavy atom. The van der Waals surface area contributed by atoms with Crippen LogP contribution in [0.3, 0.4) is 0 Å². The highest BCUT2D eigenvalue weighted by Crippen LogP contribution is 2.40. The molecule has 0 aliphatic rings. The molecule has 212 valence electrons. The molecule has 0 saturated carbocycles. The normalized spacial score (nSPS) is 12.6. The van der Waals surface area contributed by atoms with Gasteiger partial charge in [0.05, 0.1) is 18.2 Å². The van der Waals surface area contributed by atoms with Crippen molar-refractivity contribution in [3.05, 3.63) is 53.5 Å². The lowest BCUT2D eigenvalue weighted by Gasteiger charge is -2.19. The first kappa shape index (κ1) is 28.4. The maximum Gasteiger partial charge on any atom is 0.435 e. The molecule has 0 fully saturated rings. The summed E-state index contributed by atoms with van der Waals surface area (Å²) in [6, 6.07) is 3.18. The summed E-state index contributed by atoms with van der Waals surface area (Å²) in [6.45, 7) is 0. The van der Waals surface area contributed by atoms with Crippen molar-refractivity contribution in [2.45, 2.75) is 18.5 Å². The predicted molar refractivity (Wildman–Crippen MR) is 118 cm³/mol. The molecule has 40 heavy (non-hydrogen) atoms. The van der Waals surface area contributed by atoms with Gasteiger partial charge in [0.25, 0.3) is 0 Å². The van der Waals surface area contributed by atoms with Crippen molar-refractivity contribution in [1.29, 1.82) is 0 Å². The Balaban J connectivity index is 2.07. The van der Waals surface area contributed by atoms with Crippen molar-refractivity contribution >= 4 is 17.3 Å². The Hall–Kier alpha value is -4.64. The van der Waals surface area contributed by atoms with Crippen LogP contribution in [-0.2, 0) is 18.5 Å². The molecular formula is C22H13F9N6O3. The maximum atomic E-state index is 14.1. The van der Waals surface area contributed by atoms with Crippen LogP contribution in [0.5, 0.6) is 5.75 Å². The molecule has 0 bridgehead atoms. The Morgan fingerprint density at radius 1 is 0.925 bits per heavy atom. The first-order chi connectivity index (χ1) is 18.4. The number of amides is 1. The summed E-state index contributed by atoms with van der Waals surface area (Å²) < 4.78 is 126. The number of alkyl halides is 9. The van der Waals surface area contributed by atoms with Crippen LogP contribution < -0.4 is 9.75 Å². The first-order valence-electron chi connectivity index (χ1n) is 10.6. The van der Waals surface area contributed by atoms with Gasteiger partial charge in [0.2, 0.25) is 0 Å². The molecule has 1 N–H and O–H groups in total. The summed E-state index contributed by atoms with van der Waals surface area (Å²) in [5, 5.41) is 9.95. The van der Waals surface area contributed by atoms with Crippen LogP contribution in [-0.4, -0.2) is 50.0 Å². The molecule has 1 amide bonds. The number of halogens is 9. The van der Waals surface area contributed by atoms with E-state index in [4.69, 9.17) is 4.74 Å². The van der Waals surface area contributed by atoms with Crippen LogP contribution in [0.1, 0.15) is 17.0 Å². The average molecular weight is 580 g/mol. The van der Waals surface area contributed by atoms with Gasteiger partial charge in [-0.1, -0.05) is 0 Å². The fourth-order valence-corrected chi connectivity index (χ4v) is 3.56. The monoisotopic (exact) mass is 580 g/mol. The van der Waals surface area contributed by atoms with Gasteiger partial charge in [0, 0.05) is 18.8 Å². The van der Waals surface area contributed by atoms with E-state index in [1.54, 1.807) is 0 Å². The summed E-state index contributed by atoms with van der Waals surface area (Å²) >= 11 is 0.